The summed E-state index contributed by atoms with van der Waals surface area (Å²) in [7, 11) is 1.45. The molecule has 8 nitrogen and oxygen atoms in total. The van der Waals surface area contributed by atoms with Crippen molar-refractivity contribution in [2.24, 2.45) is 5.41 Å². The highest BCUT2D eigenvalue weighted by Gasteiger charge is 2.38. The minimum absolute atomic E-state index is 0.0810. The van der Waals surface area contributed by atoms with Crippen LogP contribution in [0, 0.1) is 5.41 Å². The molecule has 3 aromatic rings. The lowest BCUT2D eigenvalue weighted by atomic mass is 9.87. The zero-order chi connectivity index (χ0) is 30.4. The molecule has 0 aromatic heterocycles. The number of nitrogens with zero attached hydrogens (tertiary/aromatic N) is 1. The van der Waals surface area contributed by atoms with Crippen LogP contribution < -0.4 is 5.32 Å². The van der Waals surface area contributed by atoms with Crippen molar-refractivity contribution in [1.29, 1.82) is 0 Å². The van der Waals surface area contributed by atoms with Gasteiger partial charge in [-0.25, -0.2) is 9.59 Å². The molecule has 222 valence electrons. The molecule has 1 aliphatic rings. The van der Waals surface area contributed by atoms with Crippen molar-refractivity contribution in [3.8, 4) is 11.1 Å². The van der Waals surface area contributed by atoms with Crippen LogP contribution in [0.5, 0.6) is 0 Å². The molecular weight excluding hydrogens is 532 g/mol. The number of amides is 2. The second-order valence-electron chi connectivity index (χ2n) is 12.0. The first-order chi connectivity index (χ1) is 20.0. The molecule has 2 N–H and O–H groups in total. The summed E-state index contributed by atoms with van der Waals surface area (Å²) >= 11 is 0. The normalized spacial score (nSPS) is 14.7. The van der Waals surface area contributed by atoms with Crippen LogP contribution in [0.4, 0.5) is 4.79 Å². The third kappa shape index (κ3) is 7.36. The molecule has 4 rings (SSSR count). The third-order valence-electron chi connectivity index (χ3n) is 7.61. The Morgan fingerprint density at radius 2 is 1.45 bits per heavy atom. The predicted octanol–water partition coefficient (Wildman–Crippen LogP) is 5.85. The Labute approximate surface area is 247 Å². The lowest BCUT2D eigenvalue weighted by molar-refractivity contribution is -0.152. The quantitative estimate of drug-likeness (QED) is 0.299. The molecule has 0 aliphatic heterocycles. The lowest BCUT2D eigenvalue weighted by Crippen LogP contribution is -2.57. The van der Waals surface area contributed by atoms with E-state index in [1.165, 1.54) is 11.9 Å². The molecule has 1 aliphatic carbocycles. The molecule has 0 saturated carbocycles. The van der Waals surface area contributed by atoms with Crippen molar-refractivity contribution in [3.05, 3.63) is 95.6 Å². The van der Waals surface area contributed by atoms with Gasteiger partial charge in [0.1, 0.15) is 18.7 Å². The summed E-state index contributed by atoms with van der Waals surface area (Å²) in [6, 6.07) is 23.3. The van der Waals surface area contributed by atoms with E-state index in [1.807, 2.05) is 87.5 Å². The van der Waals surface area contributed by atoms with Crippen molar-refractivity contribution in [3.63, 3.8) is 0 Å². The molecule has 0 saturated heterocycles. The first-order valence-corrected chi connectivity index (χ1v) is 14.2. The fourth-order valence-electron chi connectivity index (χ4n) is 5.39. The van der Waals surface area contributed by atoms with Crippen molar-refractivity contribution in [2.45, 2.75) is 64.8 Å². The molecule has 3 unspecified atom stereocenters. The summed E-state index contributed by atoms with van der Waals surface area (Å²) in [5, 5.41) is 12.6. The number of benzene rings is 3. The van der Waals surface area contributed by atoms with E-state index < -0.39 is 36.2 Å². The van der Waals surface area contributed by atoms with Gasteiger partial charge >= 0.3 is 12.1 Å². The molecule has 3 aromatic carbocycles. The average molecular weight is 573 g/mol. The van der Waals surface area contributed by atoms with E-state index in [2.05, 4.69) is 17.4 Å². The van der Waals surface area contributed by atoms with Gasteiger partial charge in [0.15, 0.2) is 0 Å². The van der Waals surface area contributed by atoms with Gasteiger partial charge < -0.3 is 24.8 Å². The first-order valence-electron chi connectivity index (χ1n) is 14.2. The van der Waals surface area contributed by atoms with Crippen molar-refractivity contribution >= 4 is 18.0 Å². The number of ether oxygens (including phenoxy) is 2. The zero-order valence-electron chi connectivity index (χ0n) is 24.9. The van der Waals surface area contributed by atoms with Gasteiger partial charge in [0, 0.05) is 13.0 Å². The van der Waals surface area contributed by atoms with E-state index in [9.17, 15) is 19.5 Å². The second kappa shape index (κ2) is 13.2. The van der Waals surface area contributed by atoms with Crippen molar-refractivity contribution in [1.82, 2.24) is 10.2 Å². The number of carbonyl (C=O) groups is 3. The number of hydrogen-bond donors (Lipinski definition) is 2. The Kier molecular flexibility index (Phi) is 9.68. The fraction of sp³-hybridized carbons (Fsp3) is 0.382. The molecule has 8 heteroatoms. The SMILES string of the molecule is CC(OCc1ccccc1)C(NC(=O)OCC1c2ccccc2-c2ccccc21)C(=O)N(C)C(CC(C)(C)C)C(=O)O. The number of aliphatic carboxylic acids is 1. The number of fused-ring (bicyclic) bond motifs is 3. The van der Waals surface area contributed by atoms with E-state index in [0.717, 1.165) is 27.8 Å². The number of hydrogen-bond acceptors (Lipinski definition) is 5. The topological polar surface area (TPSA) is 105 Å². The van der Waals surface area contributed by atoms with Gasteiger partial charge in [-0.05, 0) is 46.6 Å². The highest BCUT2D eigenvalue weighted by atomic mass is 16.5. The molecule has 3 atom stereocenters. The second-order valence-corrected chi connectivity index (χ2v) is 12.0. The highest BCUT2D eigenvalue weighted by molar-refractivity contribution is 5.89. The Balaban J connectivity index is 1.50. The Morgan fingerprint density at radius 3 is 2.00 bits per heavy atom. The maximum Gasteiger partial charge on any atom is 0.407 e. The number of nitrogens with one attached hydrogen (secondary N) is 1. The van der Waals surface area contributed by atoms with Crippen LogP contribution in [-0.4, -0.2) is 59.8 Å². The summed E-state index contributed by atoms with van der Waals surface area (Å²) in [5.41, 5.74) is 4.93. The zero-order valence-corrected chi connectivity index (χ0v) is 24.9. The number of alkyl carbamates (subject to hydrolysis) is 1. The average Bonchev–Trinajstić information content (AvgIpc) is 3.29. The minimum atomic E-state index is -1.17. The number of carboxylic acids is 1. The number of rotatable bonds is 11. The van der Waals surface area contributed by atoms with Crippen LogP contribution in [0.1, 0.15) is 56.7 Å². The van der Waals surface area contributed by atoms with Crippen molar-refractivity contribution in [2.75, 3.05) is 13.7 Å². The van der Waals surface area contributed by atoms with Crippen LogP contribution in [0.2, 0.25) is 0 Å². The molecule has 0 bridgehead atoms. The van der Waals surface area contributed by atoms with Gasteiger partial charge in [0.05, 0.1) is 12.7 Å². The molecule has 0 radical (unpaired) electrons. The van der Waals surface area contributed by atoms with E-state index in [0.29, 0.717) is 0 Å². The Bertz CT molecular complexity index is 1350. The third-order valence-corrected chi connectivity index (χ3v) is 7.61. The Morgan fingerprint density at radius 1 is 0.905 bits per heavy atom. The van der Waals surface area contributed by atoms with E-state index in [4.69, 9.17) is 9.47 Å². The van der Waals surface area contributed by atoms with E-state index in [-0.39, 0.29) is 31.0 Å². The van der Waals surface area contributed by atoms with Gasteiger partial charge in [-0.15, -0.1) is 0 Å². The van der Waals surface area contributed by atoms with Crippen molar-refractivity contribution < 1.29 is 29.0 Å². The summed E-state index contributed by atoms with van der Waals surface area (Å²) in [6.45, 7) is 7.73. The first kappa shape index (κ1) is 30.8. The van der Waals surface area contributed by atoms with Crippen LogP contribution in [-0.2, 0) is 25.7 Å². The summed E-state index contributed by atoms with van der Waals surface area (Å²) < 4.78 is 11.7. The number of carboxylic acid groups (broad SMARTS) is 1. The van der Waals surface area contributed by atoms with Gasteiger partial charge in [0.25, 0.3) is 0 Å². The Hall–Kier alpha value is -4.17. The maximum absolute atomic E-state index is 13.8. The fourth-order valence-corrected chi connectivity index (χ4v) is 5.39. The summed E-state index contributed by atoms with van der Waals surface area (Å²) in [5.74, 6) is -1.82. The van der Waals surface area contributed by atoms with Crippen LogP contribution in [0.25, 0.3) is 11.1 Å². The maximum atomic E-state index is 13.8. The molecule has 0 fully saturated rings. The largest absolute Gasteiger partial charge is 0.480 e. The van der Waals surface area contributed by atoms with Gasteiger partial charge in [0.2, 0.25) is 5.91 Å². The summed E-state index contributed by atoms with van der Waals surface area (Å²) in [4.78, 5) is 40.3. The summed E-state index contributed by atoms with van der Waals surface area (Å²) in [6.07, 6.45) is -1.31. The monoisotopic (exact) mass is 572 g/mol. The van der Waals surface area contributed by atoms with E-state index >= 15 is 0 Å². The smallest absolute Gasteiger partial charge is 0.407 e. The van der Waals surface area contributed by atoms with Gasteiger partial charge in [-0.2, -0.15) is 0 Å². The molecule has 42 heavy (non-hydrogen) atoms. The van der Waals surface area contributed by atoms with Crippen LogP contribution in [0.15, 0.2) is 78.9 Å². The predicted molar refractivity (Wildman–Crippen MR) is 161 cm³/mol. The molecule has 2 amide bonds. The van der Waals surface area contributed by atoms with Crippen LogP contribution >= 0.6 is 0 Å². The molecule has 0 spiro atoms. The van der Waals surface area contributed by atoms with Crippen LogP contribution in [0.3, 0.4) is 0 Å². The number of likely N-dealkylation sites (N-methyl/N-ethyl adjacent to an activating group) is 1. The number of carbonyl (C=O) groups excluding carboxylic acids is 2. The standard InChI is InChI=1S/C34H40N2O6/c1-22(41-20-23-13-7-6-8-14-23)30(31(37)36(5)29(32(38)39)19-34(2,3)4)35-33(40)42-21-28-26-17-11-9-15-24(26)25-16-10-12-18-27(25)28/h6-18,22,28-30H,19-21H2,1-5H3,(H,35,40)(H,38,39). The van der Waals surface area contributed by atoms with E-state index in [1.54, 1.807) is 6.92 Å². The molecular formula is C34H40N2O6. The van der Waals surface area contributed by atoms with Gasteiger partial charge in [-0.1, -0.05) is 99.6 Å². The minimum Gasteiger partial charge on any atom is -0.480 e. The highest BCUT2D eigenvalue weighted by Crippen LogP contribution is 2.44. The van der Waals surface area contributed by atoms with Gasteiger partial charge in [-0.3, -0.25) is 4.79 Å². The molecule has 0 heterocycles. The lowest BCUT2D eigenvalue weighted by Gasteiger charge is -2.34.